The normalized spacial score (nSPS) is 9.39. The molecule has 0 aliphatic heterocycles. The number of aromatic nitrogens is 2. The lowest BCUT2D eigenvalue weighted by molar-refractivity contribution is -0.409. The number of esters is 2. The third-order valence-electron chi connectivity index (χ3n) is 4.57. The van der Waals surface area contributed by atoms with Crippen molar-refractivity contribution in [3.63, 3.8) is 0 Å². The lowest BCUT2D eigenvalue weighted by Crippen LogP contribution is -3.00. The molecule has 0 bridgehead atoms. The van der Waals surface area contributed by atoms with E-state index in [2.05, 4.69) is 30.5 Å². The van der Waals surface area contributed by atoms with Crippen LogP contribution in [0.1, 0.15) is 47.0 Å². The summed E-state index contributed by atoms with van der Waals surface area (Å²) in [6, 6.07) is 4.19. The van der Waals surface area contributed by atoms with Crippen LogP contribution in [0.3, 0.4) is 0 Å². The van der Waals surface area contributed by atoms with Crippen molar-refractivity contribution in [2.24, 2.45) is 0 Å². The van der Waals surface area contributed by atoms with E-state index in [0.717, 1.165) is 12.8 Å². The van der Waals surface area contributed by atoms with Crippen molar-refractivity contribution < 1.29 is 66.2 Å². The van der Waals surface area contributed by atoms with E-state index >= 15 is 0 Å². The van der Waals surface area contributed by atoms with Crippen LogP contribution in [0, 0.1) is 20.2 Å². The zero-order chi connectivity index (χ0) is 35.5. The fraction of sp³-hybridized carbons (Fsp3) is 0.440. The largest absolute Gasteiger partial charge is 1.00 e. The van der Waals surface area contributed by atoms with Gasteiger partial charge in [-0.1, -0.05) is 62.5 Å². The number of carbonyl (C=O) groups excluding carboxylic acids is 6. The van der Waals surface area contributed by atoms with E-state index in [4.69, 9.17) is 54.0 Å². The van der Waals surface area contributed by atoms with E-state index in [-0.39, 0.29) is 104 Å². The van der Waals surface area contributed by atoms with Crippen molar-refractivity contribution in [3.8, 4) is 0 Å². The Balaban J connectivity index is -0.000000102. The average molecular weight is 821 g/mol. The van der Waals surface area contributed by atoms with E-state index in [1.54, 1.807) is 0 Å². The zero-order valence-electron chi connectivity index (χ0n) is 25.7. The molecule has 0 amide bonds. The number of quaternary nitrogens is 1. The maximum Gasteiger partial charge on any atom is 0.373 e. The zero-order valence-corrected chi connectivity index (χ0v) is 30.7. The predicted octanol–water partition coefficient (Wildman–Crippen LogP) is 0.962. The van der Waals surface area contributed by atoms with Crippen LogP contribution in [-0.2, 0) is 38.2 Å². The van der Waals surface area contributed by atoms with Gasteiger partial charge in [0.2, 0.25) is 11.0 Å². The number of hydrogen-bond donors (Lipinski definition) is 2. The molecule has 0 fully saturated rings. The molecule has 0 saturated carbocycles. The topological polar surface area (TPSA) is 273 Å². The number of ether oxygens (including phenoxy) is 2. The molecule has 2 aromatic heterocycles. The second kappa shape index (κ2) is 37.2. The van der Waals surface area contributed by atoms with E-state index in [0.29, 0.717) is 12.8 Å². The maximum atomic E-state index is 11.6. The molecule has 0 saturated heterocycles. The Morgan fingerprint density at radius 1 is 0.837 bits per heavy atom. The van der Waals surface area contributed by atoms with E-state index < -0.39 is 21.9 Å². The summed E-state index contributed by atoms with van der Waals surface area (Å²) in [6.45, 7) is 3.90. The van der Waals surface area contributed by atoms with E-state index in [1.807, 2.05) is 13.8 Å². The second-order valence-electron chi connectivity index (χ2n) is 7.64. The molecule has 0 aliphatic carbocycles. The smallest absolute Gasteiger partial charge is 0.373 e. The molecular weight excluding hydrogens is 782 g/mol. The van der Waals surface area contributed by atoms with Crippen molar-refractivity contribution in [1.82, 2.24) is 9.97 Å². The number of rotatable bonds is 10. The highest BCUT2D eigenvalue weighted by atomic mass is 35.5. The molecule has 0 radical (unpaired) electrons. The van der Waals surface area contributed by atoms with Gasteiger partial charge in [-0.2, -0.15) is 46.2 Å². The van der Waals surface area contributed by atoms with Crippen LogP contribution in [0.25, 0.3) is 0 Å². The Kier molecular flexibility index (Phi) is 46.1. The first-order valence-electron chi connectivity index (χ1n) is 12.2. The van der Waals surface area contributed by atoms with Crippen LogP contribution >= 0.6 is 61.8 Å². The quantitative estimate of drug-likeness (QED) is 0.146. The van der Waals surface area contributed by atoms with Gasteiger partial charge < -0.3 is 32.9 Å². The molecule has 0 unspecified atom stereocenters. The Bertz CT molecular complexity index is 1310. The summed E-state index contributed by atoms with van der Waals surface area (Å²) in [5.74, 6) is -0.754. The molecule has 2 atom stereocenters. The third kappa shape index (κ3) is 29.1. The van der Waals surface area contributed by atoms with Gasteiger partial charge in [0.25, 0.3) is 0 Å². The molecule has 280 valence electrons. The number of anilines is 1. The molecule has 4 N–H and O–H groups in total. The fourth-order valence-corrected chi connectivity index (χ4v) is 3.26. The van der Waals surface area contributed by atoms with Crippen LogP contribution in [0.4, 0.5) is 17.2 Å². The van der Waals surface area contributed by atoms with E-state index in [9.17, 15) is 29.8 Å². The van der Waals surface area contributed by atoms with Gasteiger partial charge in [0.1, 0.15) is 16.3 Å². The molecule has 2 aromatic rings. The van der Waals surface area contributed by atoms with Crippen molar-refractivity contribution in [2.75, 3.05) is 19.5 Å². The molecule has 49 heavy (non-hydrogen) atoms. The molecule has 2 heterocycles. The van der Waals surface area contributed by atoms with Gasteiger partial charge in [-0.3, -0.25) is 20.2 Å². The lowest BCUT2D eigenvalue weighted by atomic mass is 10.1. The number of hydrogen-bond acceptors (Lipinski definition) is 15. The molecule has 0 aromatic carbocycles. The Morgan fingerprint density at radius 2 is 1.22 bits per heavy atom. The molecular formula is C25H38Cl4N6O12S2. The standard InChI is InChI=1S/C11H14ClN3O4.C6H13NO2.C5H2Cl2N2O2.2CO2.CH4.ClH.2H2S/c1-3-4-7(11(16)19-2)13-10-8(15(17)18)5-6-9(12)14-10;1-3-4-5(7)6(8)9-2;6-4-2-1-3(9(10)11)5(7)8-4;2*2-1-3;;;;/h5-7H,3-4H2,1-2H3,(H,13,14);5H,3-4,7H2,1-2H3;1-2H;;;1H4;1H;2*1H2/t7-;5-;;;;;;;/m00......./s1. The van der Waals surface area contributed by atoms with Crippen LogP contribution < -0.4 is 23.5 Å². The van der Waals surface area contributed by atoms with Gasteiger partial charge in [0.05, 0.1) is 24.1 Å². The number of nitrogens with one attached hydrogen (secondary N) is 1. The summed E-state index contributed by atoms with van der Waals surface area (Å²) in [4.78, 5) is 81.8. The van der Waals surface area contributed by atoms with Crippen LogP contribution in [0.2, 0.25) is 15.5 Å². The SMILES string of the molecule is C.CCC[C@H](Nc1nc(Cl)ccc1[N+](=O)[O-])C(=O)OC.CCC[C@H]([NH3+])C(=O)OC.O=C=O.O=C=O.O=[N+]([O-])c1ccc(Cl)nc1Cl.S.S.[Cl-]. The lowest BCUT2D eigenvalue weighted by Gasteiger charge is -2.16. The number of pyridine rings is 2. The minimum atomic E-state index is -0.695. The first kappa shape index (κ1) is 60.7. The summed E-state index contributed by atoms with van der Waals surface area (Å²) < 4.78 is 9.10. The highest BCUT2D eigenvalue weighted by Crippen LogP contribution is 2.25. The number of nitro groups is 2. The van der Waals surface area contributed by atoms with Gasteiger partial charge in [-0.05, 0) is 25.0 Å². The fourth-order valence-electron chi connectivity index (χ4n) is 2.70. The van der Waals surface area contributed by atoms with Crippen molar-refractivity contribution in [2.45, 2.75) is 59.0 Å². The molecule has 0 aliphatic rings. The van der Waals surface area contributed by atoms with Gasteiger partial charge in [-0.25, -0.2) is 19.6 Å². The molecule has 0 spiro atoms. The summed E-state index contributed by atoms with van der Waals surface area (Å²) in [7, 11) is 2.64. The molecule has 24 heteroatoms. The van der Waals surface area contributed by atoms with Crippen molar-refractivity contribution in [1.29, 1.82) is 0 Å². The predicted molar refractivity (Wildman–Crippen MR) is 182 cm³/mol. The van der Waals surface area contributed by atoms with Crippen molar-refractivity contribution >= 4 is 103 Å². The first-order valence-corrected chi connectivity index (χ1v) is 13.3. The number of nitrogens with zero attached hydrogens (tertiary/aromatic N) is 4. The van der Waals surface area contributed by atoms with Gasteiger partial charge in [0, 0.05) is 18.6 Å². The average Bonchev–Trinajstić information content (AvgIpc) is 2.97. The number of methoxy groups -OCH3 is 2. The van der Waals surface area contributed by atoms with Crippen LogP contribution in [-0.4, -0.2) is 70.4 Å². The minimum Gasteiger partial charge on any atom is -1.00 e. The summed E-state index contributed by atoms with van der Waals surface area (Å²) in [5, 5.41) is 23.8. The van der Waals surface area contributed by atoms with Crippen molar-refractivity contribution in [3.05, 3.63) is 60.0 Å². The summed E-state index contributed by atoms with van der Waals surface area (Å²) >= 11 is 16.5. The minimum absolute atomic E-state index is 0. The second-order valence-corrected chi connectivity index (χ2v) is 8.78. The molecule has 2 rings (SSSR count). The Morgan fingerprint density at radius 3 is 1.57 bits per heavy atom. The first-order chi connectivity index (χ1) is 21.1. The maximum absolute atomic E-state index is 11.6. The number of carbonyl (C=O) groups is 2. The third-order valence-corrected chi connectivity index (χ3v) is 5.27. The van der Waals surface area contributed by atoms with Gasteiger partial charge in [-0.15, -0.1) is 0 Å². The summed E-state index contributed by atoms with van der Waals surface area (Å²) in [6.07, 6.45) is 3.47. The number of halogens is 4. The Labute approximate surface area is 316 Å². The van der Waals surface area contributed by atoms with Gasteiger partial charge >= 0.3 is 35.6 Å². The van der Waals surface area contributed by atoms with Crippen LogP contribution in [0.15, 0.2) is 24.3 Å². The summed E-state index contributed by atoms with van der Waals surface area (Å²) in [5.41, 5.74) is 3.14. The highest BCUT2D eigenvalue weighted by molar-refractivity contribution is 7.59. The van der Waals surface area contributed by atoms with E-state index in [1.165, 1.54) is 38.5 Å². The Hall–Kier alpha value is -3.58. The van der Waals surface area contributed by atoms with Gasteiger partial charge in [0.15, 0.2) is 6.04 Å². The monoisotopic (exact) mass is 818 g/mol. The molecule has 18 nitrogen and oxygen atoms in total. The highest BCUT2D eigenvalue weighted by Gasteiger charge is 2.24. The van der Waals surface area contributed by atoms with Crippen LogP contribution in [0.5, 0.6) is 0 Å².